The van der Waals surface area contributed by atoms with Crippen molar-refractivity contribution in [2.45, 2.75) is 58.3 Å². The summed E-state index contributed by atoms with van der Waals surface area (Å²) in [6, 6.07) is 0. The standard InChI is InChI=1S/C12H22O4.2H3N/c1-2-3-7-10(12(15)16)8-5-4-6-9-11(13)14;;/h10H,2-9H2,1H3,(H,13,14)(H,15,16);2*1H3. The molecule has 6 heteroatoms. The number of rotatable bonds is 10. The highest BCUT2D eigenvalue weighted by atomic mass is 16.4. The Morgan fingerprint density at radius 3 is 1.94 bits per heavy atom. The lowest BCUT2D eigenvalue weighted by Crippen LogP contribution is -2.13. The monoisotopic (exact) mass is 264 g/mol. The number of hydrogen-bond acceptors (Lipinski definition) is 4. The minimum Gasteiger partial charge on any atom is -0.481 e. The largest absolute Gasteiger partial charge is 0.481 e. The lowest BCUT2D eigenvalue weighted by atomic mass is 9.95. The molecule has 0 aromatic rings. The molecule has 6 nitrogen and oxygen atoms in total. The average Bonchev–Trinajstić information content (AvgIpc) is 2.21. The van der Waals surface area contributed by atoms with Gasteiger partial charge in [0.2, 0.25) is 0 Å². The SMILES string of the molecule is CCCCC(CCCCCC(=O)O)C(=O)O.N.N. The number of unbranched alkanes of at least 4 members (excludes halogenated alkanes) is 3. The van der Waals surface area contributed by atoms with E-state index in [1.165, 1.54) is 0 Å². The average molecular weight is 264 g/mol. The van der Waals surface area contributed by atoms with Gasteiger partial charge < -0.3 is 22.5 Å². The summed E-state index contributed by atoms with van der Waals surface area (Å²) in [7, 11) is 0. The third kappa shape index (κ3) is 12.9. The molecule has 0 saturated heterocycles. The molecular weight excluding hydrogens is 236 g/mol. The highest BCUT2D eigenvalue weighted by molar-refractivity contribution is 5.69. The predicted molar refractivity (Wildman–Crippen MR) is 71.4 cm³/mol. The van der Waals surface area contributed by atoms with E-state index in [4.69, 9.17) is 10.2 Å². The summed E-state index contributed by atoms with van der Waals surface area (Å²) in [5.74, 6) is -1.74. The first-order chi connectivity index (χ1) is 7.57. The van der Waals surface area contributed by atoms with E-state index in [0.29, 0.717) is 12.8 Å². The van der Waals surface area contributed by atoms with E-state index in [1.54, 1.807) is 0 Å². The highest BCUT2D eigenvalue weighted by Gasteiger charge is 2.15. The topological polar surface area (TPSA) is 145 Å². The lowest BCUT2D eigenvalue weighted by Gasteiger charge is -2.10. The fourth-order valence-electron chi connectivity index (χ4n) is 1.69. The van der Waals surface area contributed by atoms with Crippen molar-refractivity contribution >= 4 is 11.9 Å². The van der Waals surface area contributed by atoms with Crippen molar-refractivity contribution in [3.8, 4) is 0 Å². The Bertz CT molecular complexity index is 222. The predicted octanol–water partition coefficient (Wildman–Crippen LogP) is 3.24. The molecule has 0 radical (unpaired) electrons. The summed E-state index contributed by atoms with van der Waals surface area (Å²) < 4.78 is 0. The maximum Gasteiger partial charge on any atom is 0.306 e. The molecule has 18 heavy (non-hydrogen) atoms. The van der Waals surface area contributed by atoms with Crippen LogP contribution in [0.2, 0.25) is 0 Å². The number of carboxylic acid groups (broad SMARTS) is 2. The zero-order valence-corrected chi connectivity index (χ0v) is 11.4. The minimum atomic E-state index is -0.777. The van der Waals surface area contributed by atoms with Gasteiger partial charge in [0.15, 0.2) is 0 Å². The molecule has 0 aromatic carbocycles. The normalized spacial score (nSPS) is 10.9. The van der Waals surface area contributed by atoms with Gasteiger partial charge >= 0.3 is 11.9 Å². The summed E-state index contributed by atoms with van der Waals surface area (Å²) >= 11 is 0. The van der Waals surface area contributed by atoms with Crippen LogP contribution in [0.4, 0.5) is 0 Å². The summed E-state index contributed by atoms with van der Waals surface area (Å²) in [5, 5.41) is 17.4. The van der Waals surface area contributed by atoms with Crippen molar-refractivity contribution < 1.29 is 19.8 Å². The minimum absolute atomic E-state index is 0. The molecule has 0 heterocycles. The molecule has 8 N–H and O–H groups in total. The zero-order valence-electron chi connectivity index (χ0n) is 11.4. The van der Waals surface area contributed by atoms with Gasteiger partial charge in [0.25, 0.3) is 0 Å². The van der Waals surface area contributed by atoms with Crippen LogP contribution in [0.1, 0.15) is 58.3 Å². The molecule has 0 bridgehead atoms. The van der Waals surface area contributed by atoms with Crippen molar-refractivity contribution in [3.05, 3.63) is 0 Å². The number of carbonyl (C=O) groups is 2. The van der Waals surface area contributed by atoms with Crippen LogP contribution >= 0.6 is 0 Å². The molecule has 0 aliphatic rings. The fraction of sp³-hybridized carbons (Fsp3) is 0.833. The Hall–Kier alpha value is -1.14. The first-order valence-corrected chi connectivity index (χ1v) is 6.02. The highest BCUT2D eigenvalue weighted by Crippen LogP contribution is 2.17. The van der Waals surface area contributed by atoms with Gasteiger partial charge in [0.05, 0.1) is 5.92 Å². The van der Waals surface area contributed by atoms with Crippen molar-refractivity contribution in [1.29, 1.82) is 0 Å². The number of aliphatic carboxylic acids is 2. The quantitative estimate of drug-likeness (QED) is 0.446. The molecule has 0 aliphatic carbocycles. The van der Waals surface area contributed by atoms with E-state index >= 15 is 0 Å². The van der Waals surface area contributed by atoms with Crippen molar-refractivity contribution in [3.63, 3.8) is 0 Å². The Morgan fingerprint density at radius 2 is 1.50 bits per heavy atom. The Labute approximate surface area is 109 Å². The molecule has 0 spiro atoms. The third-order valence-electron chi connectivity index (χ3n) is 2.70. The molecule has 1 atom stereocenters. The van der Waals surface area contributed by atoms with Gasteiger partial charge in [-0.1, -0.05) is 32.6 Å². The van der Waals surface area contributed by atoms with E-state index in [1.807, 2.05) is 6.92 Å². The Balaban J connectivity index is -0.00000112. The maximum absolute atomic E-state index is 10.9. The molecule has 1 unspecified atom stereocenters. The molecule has 110 valence electrons. The Morgan fingerprint density at radius 1 is 0.944 bits per heavy atom. The molecule has 0 fully saturated rings. The van der Waals surface area contributed by atoms with E-state index in [9.17, 15) is 9.59 Å². The fourth-order valence-corrected chi connectivity index (χ4v) is 1.69. The second-order valence-corrected chi connectivity index (χ2v) is 4.17. The second kappa shape index (κ2) is 13.9. The van der Waals surface area contributed by atoms with Gasteiger partial charge in [-0.3, -0.25) is 9.59 Å². The van der Waals surface area contributed by atoms with E-state index in [0.717, 1.165) is 32.1 Å². The summed E-state index contributed by atoms with van der Waals surface area (Å²) in [6.45, 7) is 2.05. The van der Waals surface area contributed by atoms with E-state index in [2.05, 4.69) is 0 Å². The molecular formula is C12H28N2O4. The molecule has 0 saturated carbocycles. The smallest absolute Gasteiger partial charge is 0.306 e. The van der Waals surface area contributed by atoms with Crippen molar-refractivity contribution in [2.75, 3.05) is 0 Å². The molecule has 0 rings (SSSR count). The van der Waals surface area contributed by atoms with Crippen LogP contribution in [-0.4, -0.2) is 22.2 Å². The first-order valence-electron chi connectivity index (χ1n) is 6.02. The second-order valence-electron chi connectivity index (χ2n) is 4.17. The van der Waals surface area contributed by atoms with Crippen LogP contribution in [0, 0.1) is 5.92 Å². The number of carboxylic acids is 2. The van der Waals surface area contributed by atoms with Crippen molar-refractivity contribution in [2.24, 2.45) is 5.92 Å². The Kier molecular flexibility index (Phi) is 17.1. The molecule has 0 aliphatic heterocycles. The van der Waals surface area contributed by atoms with Gasteiger partial charge in [-0.2, -0.15) is 0 Å². The lowest BCUT2D eigenvalue weighted by molar-refractivity contribution is -0.142. The maximum atomic E-state index is 10.9. The van der Waals surface area contributed by atoms with Gasteiger partial charge in [-0.25, -0.2) is 0 Å². The summed E-state index contributed by atoms with van der Waals surface area (Å²) in [4.78, 5) is 21.1. The third-order valence-corrected chi connectivity index (χ3v) is 2.70. The zero-order chi connectivity index (χ0) is 12.4. The van der Waals surface area contributed by atoms with Crippen LogP contribution in [0.25, 0.3) is 0 Å². The van der Waals surface area contributed by atoms with Crippen LogP contribution in [0.15, 0.2) is 0 Å². The van der Waals surface area contributed by atoms with Crippen LogP contribution in [0.3, 0.4) is 0 Å². The van der Waals surface area contributed by atoms with Gasteiger partial charge in [0.1, 0.15) is 0 Å². The van der Waals surface area contributed by atoms with Crippen LogP contribution in [0.5, 0.6) is 0 Å². The van der Waals surface area contributed by atoms with Gasteiger partial charge in [-0.15, -0.1) is 0 Å². The van der Waals surface area contributed by atoms with Crippen molar-refractivity contribution in [1.82, 2.24) is 12.3 Å². The first kappa shape index (κ1) is 22.1. The number of hydrogen-bond donors (Lipinski definition) is 4. The van der Waals surface area contributed by atoms with E-state index in [-0.39, 0.29) is 24.6 Å². The van der Waals surface area contributed by atoms with E-state index < -0.39 is 11.9 Å². The molecule has 0 aromatic heterocycles. The van der Waals surface area contributed by atoms with Crippen LogP contribution < -0.4 is 12.3 Å². The van der Waals surface area contributed by atoms with Gasteiger partial charge in [0, 0.05) is 6.42 Å². The summed E-state index contributed by atoms with van der Waals surface area (Å²) in [5.41, 5.74) is 0. The van der Waals surface area contributed by atoms with Crippen LogP contribution in [-0.2, 0) is 9.59 Å². The van der Waals surface area contributed by atoms with Gasteiger partial charge in [-0.05, 0) is 19.3 Å². The molecule has 0 amide bonds. The summed E-state index contributed by atoms with van der Waals surface area (Å²) in [6.07, 6.45) is 5.84.